The van der Waals surface area contributed by atoms with E-state index in [0.29, 0.717) is 0 Å². The van der Waals surface area contributed by atoms with Crippen molar-refractivity contribution in [3.05, 3.63) is 22.8 Å². The first-order valence-electron chi connectivity index (χ1n) is 5.57. The minimum Gasteiger partial charge on any atom is -0.265 e. The van der Waals surface area contributed by atoms with Gasteiger partial charge in [-0.25, -0.2) is 0 Å². The standard InChI is InChI=1S/C12H21NO2/c1-5-12(4)8-6-7-11(2,3)10(12)9-13(14)15/h5,10H,1,6-9H2,2-4H3/t10-,12-/m1/s1. The van der Waals surface area contributed by atoms with E-state index in [1.165, 1.54) is 0 Å². The van der Waals surface area contributed by atoms with Crippen LogP contribution in [0, 0.1) is 26.9 Å². The first kappa shape index (κ1) is 12.2. The molecule has 0 aromatic carbocycles. The topological polar surface area (TPSA) is 43.1 Å². The van der Waals surface area contributed by atoms with Crippen molar-refractivity contribution in [2.45, 2.75) is 40.0 Å². The molecule has 0 N–H and O–H groups in total. The molecule has 15 heavy (non-hydrogen) atoms. The molecule has 1 aliphatic rings. The summed E-state index contributed by atoms with van der Waals surface area (Å²) in [6.07, 6.45) is 5.17. The van der Waals surface area contributed by atoms with Gasteiger partial charge in [-0.15, -0.1) is 6.58 Å². The third-order valence-electron chi connectivity index (χ3n) is 4.07. The summed E-state index contributed by atoms with van der Waals surface area (Å²) in [6, 6.07) is 0. The van der Waals surface area contributed by atoms with Gasteiger partial charge in [0.25, 0.3) is 0 Å². The zero-order valence-corrected chi connectivity index (χ0v) is 9.95. The van der Waals surface area contributed by atoms with E-state index < -0.39 is 0 Å². The predicted octanol–water partition coefficient (Wildman–Crippen LogP) is 3.28. The summed E-state index contributed by atoms with van der Waals surface area (Å²) in [6.45, 7) is 10.3. The molecule has 2 atom stereocenters. The second-order valence-electron chi connectivity index (χ2n) is 5.62. The molecule has 1 saturated carbocycles. The van der Waals surface area contributed by atoms with Gasteiger partial charge in [0.2, 0.25) is 6.54 Å². The second kappa shape index (κ2) is 3.95. The van der Waals surface area contributed by atoms with Crippen LogP contribution in [0.2, 0.25) is 0 Å². The number of allylic oxidation sites excluding steroid dienone is 1. The maximum Gasteiger partial charge on any atom is 0.208 e. The Kier molecular flexibility index (Phi) is 3.22. The van der Waals surface area contributed by atoms with E-state index in [2.05, 4.69) is 27.4 Å². The minimum absolute atomic E-state index is 0.0499. The van der Waals surface area contributed by atoms with E-state index in [9.17, 15) is 10.1 Å². The maximum absolute atomic E-state index is 10.7. The van der Waals surface area contributed by atoms with Gasteiger partial charge < -0.3 is 0 Å². The molecule has 1 rings (SSSR count). The molecule has 0 aromatic rings. The Morgan fingerprint density at radius 1 is 1.47 bits per heavy atom. The SMILES string of the molecule is C=C[C@]1(C)CCCC(C)(C)[C@H]1C[N+](=O)[O-]. The summed E-state index contributed by atoms with van der Waals surface area (Å²) < 4.78 is 0. The molecule has 0 aromatic heterocycles. The van der Waals surface area contributed by atoms with Gasteiger partial charge in [-0.1, -0.05) is 33.3 Å². The molecule has 0 radical (unpaired) electrons. The number of rotatable bonds is 3. The van der Waals surface area contributed by atoms with Gasteiger partial charge in [-0.2, -0.15) is 0 Å². The third-order valence-corrected chi connectivity index (χ3v) is 4.07. The molecular weight excluding hydrogens is 190 g/mol. The number of nitro groups is 1. The zero-order chi connectivity index (χ0) is 11.7. The van der Waals surface area contributed by atoms with Crippen LogP contribution in [0.4, 0.5) is 0 Å². The van der Waals surface area contributed by atoms with Crippen LogP contribution in [0.25, 0.3) is 0 Å². The van der Waals surface area contributed by atoms with Crippen molar-refractivity contribution in [2.75, 3.05) is 6.54 Å². The highest BCUT2D eigenvalue weighted by atomic mass is 16.6. The summed E-state index contributed by atoms with van der Waals surface area (Å²) in [5, 5.41) is 10.7. The molecule has 0 saturated heterocycles. The van der Waals surface area contributed by atoms with E-state index in [1.807, 2.05) is 6.08 Å². The van der Waals surface area contributed by atoms with Gasteiger partial charge in [0.15, 0.2) is 0 Å². The van der Waals surface area contributed by atoms with Crippen molar-refractivity contribution in [2.24, 2.45) is 16.7 Å². The lowest BCUT2D eigenvalue weighted by Crippen LogP contribution is -2.44. The third kappa shape index (κ3) is 2.39. The monoisotopic (exact) mass is 211 g/mol. The van der Waals surface area contributed by atoms with Crippen molar-refractivity contribution in [1.29, 1.82) is 0 Å². The van der Waals surface area contributed by atoms with Crippen LogP contribution in [-0.2, 0) is 0 Å². The molecule has 86 valence electrons. The van der Waals surface area contributed by atoms with Gasteiger partial charge in [0.1, 0.15) is 0 Å². The summed E-state index contributed by atoms with van der Waals surface area (Å²) >= 11 is 0. The fourth-order valence-electron chi connectivity index (χ4n) is 3.02. The average molecular weight is 211 g/mol. The predicted molar refractivity (Wildman–Crippen MR) is 61.3 cm³/mol. The van der Waals surface area contributed by atoms with E-state index >= 15 is 0 Å². The van der Waals surface area contributed by atoms with E-state index in [4.69, 9.17) is 0 Å². The highest BCUT2D eigenvalue weighted by Gasteiger charge is 2.47. The Hall–Kier alpha value is -0.860. The lowest BCUT2D eigenvalue weighted by molar-refractivity contribution is -0.496. The summed E-state index contributed by atoms with van der Waals surface area (Å²) in [7, 11) is 0. The highest BCUT2D eigenvalue weighted by Crippen LogP contribution is 2.51. The van der Waals surface area contributed by atoms with Crippen molar-refractivity contribution in [1.82, 2.24) is 0 Å². The largest absolute Gasteiger partial charge is 0.265 e. The lowest BCUT2D eigenvalue weighted by Gasteiger charge is -2.47. The number of hydrogen-bond donors (Lipinski definition) is 0. The molecule has 0 aliphatic heterocycles. The van der Waals surface area contributed by atoms with Crippen LogP contribution in [0.5, 0.6) is 0 Å². The highest BCUT2D eigenvalue weighted by molar-refractivity contribution is 5.03. The first-order valence-corrected chi connectivity index (χ1v) is 5.57. The van der Waals surface area contributed by atoms with Crippen molar-refractivity contribution in [3.8, 4) is 0 Å². The molecule has 3 heteroatoms. The molecule has 0 amide bonds. The van der Waals surface area contributed by atoms with Crippen LogP contribution < -0.4 is 0 Å². The van der Waals surface area contributed by atoms with E-state index in [0.717, 1.165) is 19.3 Å². The van der Waals surface area contributed by atoms with Crippen LogP contribution >= 0.6 is 0 Å². The van der Waals surface area contributed by atoms with Crippen LogP contribution in [-0.4, -0.2) is 11.5 Å². The van der Waals surface area contributed by atoms with Crippen LogP contribution in [0.15, 0.2) is 12.7 Å². The number of nitrogens with zero attached hydrogens (tertiary/aromatic N) is 1. The molecular formula is C12H21NO2. The normalized spacial score (nSPS) is 34.7. The Bertz CT molecular complexity index is 273. The van der Waals surface area contributed by atoms with Crippen LogP contribution in [0.3, 0.4) is 0 Å². The van der Waals surface area contributed by atoms with E-state index in [-0.39, 0.29) is 28.2 Å². The smallest absolute Gasteiger partial charge is 0.208 e. The second-order valence-corrected chi connectivity index (χ2v) is 5.62. The Balaban J connectivity index is 2.97. The molecule has 3 nitrogen and oxygen atoms in total. The Labute approximate surface area is 91.7 Å². The van der Waals surface area contributed by atoms with Gasteiger partial charge >= 0.3 is 0 Å². The fourth-order valence-corrected chi connectivity index (χ4v) is 3.02. The van der Waals surface area contributed by atoms with Crippen molar-refractivity contribution >= 4 is 0 Å². The Morgan fingerprint density at radius 3 is 2.53 bits per heavy atom. The summed E-state index contributed by atoms with van der Waals surface area (Å²) in [5.74, 6) is 0.103. The zero-order valence-electron chi connectivity index (χ0n) is 9.95. The summed E-state index contributed by atoms with van der Waals surface area (Å²) in [5.41, 5.74) is -0.0247. The van der Waals surface area contributed by atoms with Crippen molar-refractivity contribution < 1.29 is 4.92 Å². The van der Waals surface area contributed by atoms with E-state index in [1.54, 1.807) is 0 Å². The maximum atomic E-state index is 10.7. The van der Waals surface area contributed by atoms with Gasteiger partial charge in [-0.05, 0) is 23.7 Å². The molecule has 0 bridgehead atoms. The number of hydrogen-bond acceptors (Lipinski definition) is 2. The van der Waals surface area contributed by atoms with Gasteiger partial charge in [-0.3, -0.25) is 10.1 Å². The Morgan fingerprint density at radius 2 is 2.07 bits per heavy atom. The average Bonchev–Trinajstić information content (AvgIpc) is 2.11. The molecule has 1 fully saturated rings. The van der Waals surface area contributed by atoms with Crippen molar-refractivity contribution in [3.63, 3.8) is 0 Å². The molecule has 0 unspecified atom stereocenters. The molecule has 1 aliphatic carbocycles. The molecule has 0 spiro atoms. The lowest BCUT2D eigenvalue weighted by atomic mass is 9.56. The minimum atomic E-state index is -0.181. The summed E-state index contributed by atoms with van der Waals surface area (Å²) in [4.78, 5) is 10.5. The first-order chi connectivity index (χ1) is 6.82. The van der Waals surface area contributed by atoms with Gasteiger partial charge in [0, 0.05) is 10.8 Å². The quantitative estimate of drug-likeness (QED) is 0.408. The van der Waals surface area contributed by atoms with Gasteiger partial charge in [0.05, 0.1) is 0 Å². The van der Waals surface area contributed by atoms with Crippen LogP contribution in [0.1, 0.15) is 40.0 Å². The fraction of sp³-hybridized carbons (Fsp3) is 0.833. The molecule has 0 heterocycles.